The first-order valence-corrected chi connectivity index (χ1v) is 11.0. The number of ether oxygens (including phenoxy) is 1. The van der Waals surface area contributed by atoms with Gasteiger partial charge in [0.15, 0.2) is 0 Å². The minimum absolute atomic E-state index is 0.0670. The van der Waals surface area contributed by atoms with Gasteiger partial charge in [0, 0.05) is 18.0 Å². The van der Waals surface area contributed by atoms with Crippen LogP contribution >= 0.6 is 0 Å². The van der Waals surface area contributed by atoms with Crippen molar-refractivity contribution in [2.24, 2.45) is 11.1 Å². The maximum Gasteiger partial charge on any atom is 0.123 e. The third-order valence-corrected chi connectivity index (χ3v) is 6.83. The molecule has 0 aliphatic carbocycles. The molecule has 4 nitrogen and oxygen atoms in total. The number of piperidine rings is 1. The molecular formula is C25H30F2N2O2. The number of oxime groups is 1. The van der Waals surface area contributed by atoms with Crippen LogP contribution in [0.1, 0.15) is 49.8 Å². The largest absolute Gasteiger partial charge is 0.399 e. The fourth-order valence-corrected chi connectivity index (χ4v) is 5.28. The number of nitrogens with zero attached hydrogens (tertiary/aromatic N) is 2. The molecule has 2 bridgehead atoms. The molecule has 0 N–H and O–H groups in total. The molecule has 0 aromatic heterocycles. The molecule has 2 fully saturated rings. The average Bonchev–Trinajstić information content (AvgIpc) is 3.01. The van der Waals surface area contributed by atoms with Crippen LogP contribution in [0.3, 0.4) is 0 Å². The lowest BCUT2D eigenvalue weighted by Crippen LogP contribution is -2.53. The lowest BCUT2D eigenvalue weighted by atomic mass is 9.82. The zero-order valence-electron chi connectivity index (χ0n) is 18.3. The van der Waals surface area contributed by atoms with Crippen molar-refractivity contribution < 1.29 is 18.4 Å². The summed E-state index contributed by atoms with van der Waals surface area (Å²) in [6, 6.07) is 13.5. The Balaban J connectivity index is 1.70. The van der Waals surface area contributed by atoms with Crippen molar-refractivity contribution in [3.05, 3.63) is 71.3 Å². The number of hydrogen-bond acceptors (Lipinski definition) is 4. The van der Waals surface area contributed by atoms with Gasteiger partial charge >= 0.3 is 0 Å². The van der Waals surface area contributed by atoms with Gasteiger partial charge in [0.05, 0.1) is 11.8 Å². The van der Waals surface area contributed by atoms with E-state index in [-0.39, 0.29) is 23.7 Å². The third-order valence-electron chi connectivity index (χ3n) is 6.83. The minimum Gasteiger partial charge on any atom is -0.399 e. The second-order valence-corrected chi connectivity index (χ2v) is 8.50. The van der Waals surface area contributed by atoms with Gasteiger partial charge in [0.2, 0.25) is 0 Å². The highest BCUT2D eigenvalue weighted by Crippen LogP contribution is 2.43. The maximum absolute atomic E-state index is 13.6. The van der Waals surface area contributed by atoms with E-state index < -0.39 is 6.10 Å². The summed E-state index contributed by atoms with van der Waals surface area (Å²) >= 11 is 0. The van der Waals surface area contributed by atoms with Crippen LogP contribution in [0, 0.1) is 17.6 Å². The molecule has 1 unspecified atom stereocenters. The van der Waals surface area contributed by atoms with Gasteiger partial charge < -0.3 is 9.57 Å². The Hall–Kier alpha value is -2.31. The van der Waals surface area contributed by atoms with Gasteiger partial charge in [-0.05, 0) is 68.1 Å². The van der Waals surface area contributed by atoms with Crippen molar-refractivity contribution in [2.75, 3.05) is 14.2 Å². The third kappa shape index (κ3) is 4.51. The number of rotatable bonds is 7. The first kappa shape index (κ1) is 21.9. The van der Waals surface area contributed by atoms with Crippen molar-refractivity contribution in [3.63, 3.8) is 0 Å². The van der Waals surface area contributed by atoms with Crippen LogP contribution in [0.4, 0.5) is 8.78 Å². The monoisotopic (exact) mass is 428 g/mol. The predicted molar refractivity (Wildman–Crippen MR) is 117 cm³/mol. The average molecular weight is 429 g/mol. The number of benzene rings is 2. The molecule has 4 rings (SSSR count). The number of hydrogen-bond donors (Lipinski definition) is 0. The number of halogens is 2. The van der Waals surface area contributed by atoms with E-state index in [2.05, 4.69) is 24.0 Å². The summed E-state index contributed by atoms with van der Waals surface area (Å²) in [4.78, 5) is 7.62. The molecule has 2 aromatic rings. The molecule has 2 aromatic carbocycles. The predicted octanol–water partition coefficient (Wildman–Crippen LogP) is 5.33. The molecule has 2 saturated heterocycles. The Morgan fingerprint density at radius 3 is 2.13 bits per heavy atom. The van der Waals surface area contributed by atoms with E-state index >= 15 is 0 Å². The lowest BCUT2D eigenvalue weighted by molar-refractivity contribution is -0.0632. The summed E-state index contributed by atoms with van der Waals surface area (Å²) in [6.45, 7) is 2.09. The highest BCUT2D eigenvalue weighted by Gasteiger charge is 2.48. The quantitative estimate of drug-likeness (QED) is 0.441. The van der Waals surface area contributed by atoms with Crippen LogP contribution in [0.2, 0.25) is 0 Å². The molecule has 2 heterocycles. The van der Waals surface area contributed by atoms with E-state index in [0.717, 1.165) is 42.5 Å². The van der Waals surface area contributed by atoms with Gasteiger partial charge in [0.25, 0.3) is 0 Å². The summed E-state index contributed by atoms with van der Waals surface area (Å²) in [5, 5.41) is 4.35. The van der Waals surface area contributed by atoms with Crippen LogP contribution in [0.25, 0.3) is 0 Å². The summed E-state index contributed by atoms with van der Waals surface area (Å²) in [5.41, 5.74) is 2.70. The second-order valence-electron chi connectivity index (χ2n) is 8.50. The van der Waals surface area contributed by atoms with Gasteiger partial charge in [-0.2, -0.15) is 0 Å². The molecule has 0 saturated carbocycles. The summed E-state index contributed by atoms with van der Waals surface area (Å²) in [6.07, 6.45) is 3.43. The van der Waals surface area contributed by atoms with Crippen LogP contribution in [0.15, 0.2) is 53.7 Å². The Kier molecular flexibility index (Phi) is 6.68. The van der Waals surface area contributed by atoms with Crippen molar-refractivity contribution in [1.82, 2.24) is 4.90 Å². The molecule has 0 amide bonds. The van der Waals surface area contributed by atoms with E-state index in [0.29, 0.717) is 12.1 Å². The molecule has 4 atom stereocenters. The van der Waals surface area contributed by atoms with E-state index in [1.807, 2.05) is 0 Å². The zero-order valence-corrected chi connectivity index (χ0v) is 18.3. The van der Waals surface area contributed by atoms with E-state index in [1.165, 1.54) is 24.3 Å². The Morgan fingerprint density at radius 2 is 1.61 bits per heavy atom. The summed E-state index contributed by atoms with van der Waals surface area (Å²) < 4.78 is 34.0. The Bertz CT molecular complexity index is 855. The van der Waals surface area contributed by atoms with Crippen LogP contribution in [-0.2, 0) is 9.57 Å². The normalized spacial score (nSPS) is 26.5. The highest BCUT2D eigenvalue weighted by molar-refractivity contribution is 5.87. The first-order valence-electron chi connectivity index (χ1n) is 11.0. The van der Waals surface area contributed by atoms with E-state index in [1.54, 1.807) is 31.4 Å². The second kappa shape index (κ2) is 9.45. The minimum atomic E-state index is -0.419. The summed E-state index contributed by atoms with van der Waals surface area (Å²) in [5.74, 6) is -0.480. The molecule has 0 spiro atoms. The van der Waals surface area contributed by atoms with Gasteiger partial charge in [-0.25, -0.2) is 8.78 Å². The topological polar surface area (TPSA) is 34.1 Å². The Morgan fingerprint density at radius 1 is 1.03 bits per heavy atom. The molecule has 6 heteroatoms. The van der Waals surface area contributed by atoms with E-state index in [4.69, 9.17) is 9.57 Å². The van der Waals surface area contributed by atoms with Crippen LogP contribution in [-0.4, -0.2) is 43.0 Å². The van der Waals surface area contributed by atoms with Crippen molar-refractivity contribution in [2.45, 2.75) is 56.9 Å². The standard InChI is InChI=1S/C25H30F2N2O2/c1-4-21(28-30-3)24-22-14-13-20(29(22)2)15-23(24)31-25(16-5-9-18(26)10-6-16)17-7-11-19(27)12-8-17/h5-12,20,22-25H,4,13-15H2,1-3H3/t20?,22-,23-,24-/m1/s1. The van der Waals surface area contributed by atoms with Crippen molar-refractivity contribution >= 4 is 5.71 Å². The molecule has 31 heavy (non-hydrogen) atoms. The van der Waals surface area contributed by atoms with Gasteiger partial charge in [-0.3, -0.25) is 4.90 Å². The highest BCUT2D eigenvalue weighted by atomic mass is 19.1. The van der Waals surface area contributed by atoms with Gasteiger partial charge in [-0.15, -0.1) is 0 Å². The zero-order chi connectivity index (χ0) is 22.0. The molecule has 2 aliphatic rings. The van der Waals surface area contributed by atoms with Crippen LogP contribution < -0.4 is 0 Å². The summed E-state index contributed by atoms with van der Waals surface area (Å²) in [7, 11) is 3.76. The smallest absolute Gasteiger partial charge is 0.123 e. The van der Waals surface area contributed by atoms with Gasteiger partial charge in [0.1, 0.15) is 24.8 Å². The maximum atomic E-state index is 13.6. The first-order chi connectivity index (χ1) is 15.0. The lowest BCUT2D eigenvalue weighted by Gasteiger charge is -2.44. The fourth-order valence-electron chi connectivity index (χ4n) is 5.28. The van der Waals surface area contributed by atoms with Crippen molar-refractivity contribution in [1.29, 1.82) is 0 Å². The number of fused-ring (bicyclic) bond motifs is 2. The van der Waals surface area contributed by atoms with Crippen molar-refractivity contribution in [3.8, 4) is 0 Å². The molecule has 2 aliphatic heterocycles. The Labute approximate surface area is 182 Å². The van der Waals surface area contributed by atoms with Crippen LogP contribution in [0.5, 0.6) is 0 Å². The molecule has 166 valence electrons. The molecule has 0 radical (unpaired) electrons. The molecular weight excluding hydrogens is 398 g/mol. The fraction of sp³-hybridized carbons (Fsp3) is 0.480. The van der Waals surface area contributed by atoms with Gasteiger partial charge in [-0.1, -0.05) is 36.3 Å². The van der Waals surface area contributed by atoms with E-state index in [9.17, 15) is 8.78 Å². The SMILES string of the molecule is CCC(=NOC)[C@@H]1[C@H]2CCC(C[C@H]1OC(c1ccc(F)cc1)c1ccc(F)cc1)N2C.